The Morgan fingerprint density at radius 2 is 1.42 bits per heavy atom. The molecule has 1 atom stereocenters. The number of hydrogen-bond acceptors (Lipinski definition) is 2. The molecule has 0 aliphatic heterocycles. The average molecular weight is 352 g/mol. The van der Waals surface area contributed by atoms with Crippen molar-refractivity contribution in [3.05, 3.63) is 0 Å². The highest BCUT2D eigenvalue weighted by Gasteiger charge is 2.50. The van der Waals surface area contributed by atoms with Crippen molar-refractivity contribution in [3.63, 3.8) is 0 Å². The summed E-state index contributed by atoms with van der Waals surface area (Å²) in [4.78, 5) is 13.0. The number of hydrogen-bond donors (Lipinski definition) is 0. The summed E-state index contributed by atoms with van der Waals surface area (Å²) < 4.78 is 43.2. The molecule has 144 valence electrons. The summed E-state index contributed by atoms with van der Waals surface area (Å²) in [6.07, 6.45) is -3.76. The topological polar surface area (TPSA) is 26.3 Å². The van der Waals surface area contributed by atoms with Gasteiger partial charge in [-0.2, -0.15) is 13.2 Å². The summed E-state index contributed by atoms with van der Waals surface area (Å²) in [6, 6.07) is 0. The third-order valence-electron chi connectivity index (χ3n) is 5.83. The first-order valence-electron chi connectivity index (χ1n) is 8.95. The number of ether oxygens (including phenoxy) is 1. The van der Waals surface area contributed by atoms with Gasteiger partial charge in [0.05, 0.1) is 5.41 Å². The molecule has 0 N–H and O–H groups in total. The van der Waals surface area contributed by atoms with E-state index in [1.807, 2.05) is 55.4 Å². The minimum Gasteiger partial charge on any atom is -0.459 e. The Labute approximate surface area is 145 Å². The maximum absolute atomic E-state index is 13.0. The van der Waals surface area contributed by atoms with Crippen LogP contribution < -0.4 is 0 Å². The zero-order chi connectivity index (χ0) is 19.4. The van der Waals surface area contributed by atoms with Crippen molar-refractivity contribution in [1.82, 2.24) is 0 Å². The van der Waals surface area contributed by atoms with E-state index in [0.717, 1.165) is 0 Å². The minimum atomic E-state index is -4.17. The fraction of sp³-hybridized carbons (Fsp3) is 0.947. The van der Waals surface area contributed by atoms with Gasteiger partial charge >= 0.3 is 12.1 Å². The SMILES string of the molecule is CCC(CC)(CCCC(F)(F)F)OC(=O)C(C)(C(C)C)C(C)(C)C. The zero-order valence-electron chi connectivity index (χ0n) is 16.6. The van der Waals surface area contributed by atoms with Crippen LogP contribution >= 0.6 is 0 Å². The van der Waals surface area contributed by atoms with Gasteiger partial charge in [-0.3, -0.25) is 4.79 Å². The van der Waals surface area contributed by atoms with E-state index in [2.05, 4.69) is 0 Å². The summed E-state index contributed by atoms with van der Waals surface area (Å²) >= 11 is 0. The van der Waals surface area contributed by atoms with E-state index in [0.29, 0.717) is 12.8 Å². The lowest BCUT2D eigenvalue weighted by molar-refractivity contribution is -0.185. The van der Waals surface area contributed by atoms with E-state index in [-0.39, 0.29) is 30.1 Å². The van der Waals surface area contributed by atoms with Gasteiger partial charge in [-0.25, -0.2) is 0 Å². The number of esters is 1. The molecule has 0 saturated heterocycles. The van der Waals surface area contributed by atoms with Crippen molar-refractivity contribution in [2.45, 2.75) is 99.3 Å². The number of carbonyl (C=O) groups is 1. The standard InChI is InChI=1S/C19H35F3O2/c1-9-18(10-2,12-11-13-19(20,21)22)24-15(23)17(8,14(3)4)16(5,6)7/h14H,9-13H2,1-8H3. The van der Waals surface area contributed by atoms with Crippen LogP contribution in [0, 0.1) is 16.7 Å². The maximum Gasteiger partial charge on any atom is 0.389 e. The predicted molar refractivity (Wildman–Crippen MR) is 91.7 cm³/mol. The van der Waals surface area contributed by atoms with Gasteiger partial charge in [0.15, 0.2) is 0 Å². The fourth-order valence-corrected chi connectivity index (χ4v) is 3.12. The number of rotatable bonds is 8. The van der Waals surface area contributed by atoms with E-state index >= 15 is 0 Å². The Morgan fingerprint density at radius 3 is 1.71 bits per heavy atom. The molecule has 0 rings (SSSR count). The molecule has 0 heterocycles. The van der Waals surface area contributed by atoms with Gasteiger partial charge in [0.1, 0.15) is 5.60 Å². The first-order chi connectivity index (χ1) is 10.6. The molecule has 0 aromatic carbocycles. The number of carbonyl (C=O) groups excluding carboxylic acids is 1. The van der Waals surface area contributed by atoms with Gasteiger partial charge in [-0.05, 0) is 43.9 Å². The molecular formula is C19H35F3O2. The third-order valence-corrected chi connectivity index (χ3v) is 5.83. The Morgan fingerprint density at radius 1 is 0.958 bits per heavy atom. The molecule has 0 radical (unpaired) electrons. The van der Waals surface area contributed by atoms with Crippen molar-refractivity contribution in [1.29, 1.82) is 0 Å². The average Bonchev–Trinajstić information content (AvgIpc) is 2.42. The van der Waals surface area contributed by atoms with Gasteiger partial charge in [0.2, 0.25) is 0 Å². The highest BCUT2D eigenvalue weighted by molar-refractivity contribution is 5.78. The molecule has 0 fully saturated rings. The molecule has 0 spiro atoms. The summed E-state index contributed by atoms with van der Waals surface area (Å²) in [7, 11) is 0. The third kappa shape index (κ3) is 5.66. The van der Waals surface area contributed by atoms with Crippen LogP contribution in [-0.2, 0) is 9.53 Å². The molecule has 0 aromatic rings. The summed E-state index contributed by atoms with van der Waals surface area (Å²) in [5.41, 5.74) is -1.83. The lowest BCUT2D eigenvalue weighted by Gasteiger charge is -2.45. The maximum atomic E-state index is 13.0. The monoisotopic (exact) mass is 352 g/mol. The molecule has 0 amide bonds. The fourth-order valence-electron chi connectivity index (χ4n) is 3.12. The highest BCUT2D eigenvalue weighted by Crippen LogP contribution is 2.47. The van der Waals surface area contributed by atoms with E-state index in [1.54, 1.807) is 0 Å². The van der Waals surface area contributed by atoms with Crippen LogP contribution in [-0.4, -0.2) is 17.7 Å². The van der Waals surface area contributed by atoms with Crippen LogP contribution in [0.25, 0.3) is 0 Å². The molecular weight excluding hydrogens is 317 g/mol. The molecule has 0 bridgehead atoms. The summed E-state index contributed by atoms with van der Waals surface area (Å²) in [6.45, 7) is 15.6. The largest absolute Gasteiger partial charge is 0.459 e. The summed E-state index contributed by atoms with van der Waals surface area (Å²) in [5.74, 6) is -0.243. The molecule has 0 aromatic heterocycles. The normalized spacial score (nSPS) is 16.2. The Balaban J connectivity index is 5.33. The number of alkyl halides is 3. The van der Waals surface area contributed by atoms with Crippen LogP contribution in [0.5, 0.6) is 0 Å². The van der Waals surface area contributed by atoms with E-state index in [1.165, 1.54) is 0 Å². The van der Waals surface area contributed by atoms with Crippen LogP contribution in [0.1, 0.15) is 87.5 Å². The van der Waals surface area contributed by atoms with Crippen LogP contribution in [0.3, 0.4) is 0 Å². The number of halogens is 3. The zero-order valence-corrected chi connectivity index (χ0v) is 16.6. The smallest absolute Gasteiger partial charge is 0.389 e. The Hall–Kier alpha value is -0.740. The van der Waals surface area contributed by atoms with Gasteiger partial charge in [-0.15, -0.1) is 0 Å². The molecule has 1 unspecified atom stereocenters. The van der Waals surface area contributed by atoms with Crippen molar-refractivity contribution >= 4 is 5.97 Å². The Kier molecular flexibility index (Phi) is 7.84. The molecule has 0 aliphatic rings. The first kappa shape index (κ1) is 23.3. The second kappa shape index (κ2) is 8.09. The van der Waals surface area contributed by atoms with Crippen molar-refractivity contribution in [2.75, 3.05) is 0 Å². The second-order valence-corrected chi connectivity index (χ2v) is 8.36. The molecule has 5 heteroatoms. The first-order valence-corrected chi connectivity index (χ1v) is 8.95. The van der Waals surface area contributed by atoms with E-state index in [9.17, 15) is 18.0 Å². The van der Waals surface area contributed by atoms with Crippen molar-refractivity contribution in [2.24, 2.45) is 16.7 Å². The van der Waals surface area contributed by atoms with Crippen molar-refractivity contribution in [3.8, 4) is 0 Å². The lowest BCUT2D eigenvalue weighted by atomic mass is 9.61. The van der Waals surface area contributed by atoms with E-state index in [4.69, 9.17) is 4.74 Å². The van der Waals surface area contributed by atoms with Crippen LogP contribution in [0.15, 0.2) is 0 Å². The minimum absolute atomic E-state index is 0.0215. The molecule has 0 aliphatic carbocycles. The van der Waals surface area contributed by atoms with Crippen molar-refractivity contribution < 1.29 is 22.7 Å². The predicted octanol–water partition coefficient (Wildman–Crippen LogP) is 6.53. The van der Waals surface area contributed by atoms with E-state index < -0.39 is 23.6 Å². The molecule has 24 heavy (non-hydrogen) atoms. The summed E-state index contributed by atoms with van der Waals surface area (Å²) in [5, 5.41) is 0. The second-order valence-electron chi connectivity index (χ2n) is 8.36. The van der Waals surface area contributed by atoms with Crippen LogP contribution in [0.4, 0.5) is 13.2 Å². The van der Waals surface area contributed by atoms with Gasteiger partial charge < -0.3 is 4.74 Å². The van der Waals surface area contributed by atoms with Gasteiger partial charge in [-0.1, -0.05) is 48.5 Å². The van der Waals surface area contributed by atoms with Crippen LogP contribution in [0.2, 0.25) is 0 Å². The van der Waals surface area contributed by atoms with Gasteiger partial charge in [0, 0.05) is 6.42 Å². The Bertz CT molecular complexity index is 404. The quantitative estimate of drug-likeness (QED) is 0.464. The molecule has 2 nitrogen and oxygen atoms in total. The molecule has 0 saturated carbocycles. The van der Waals surface area contributed by atoms with Gasteiger partial charge in [0.25, 0.3) is 0 Å². The highest BCUT2D eigenvalue weighted by atomic mass is 19.4. The lowest BCUT2D eigenvalue weighted by Crippen LogP contribution is -2.49.